The van der Waals surface area contributed by atoms with Gasteiger partial charge in [0, 0.05) is 25.5 Å². The standard InChI is InChI=1S/C19H20N6O/c1-2-4-15-10-17(9-14(15)3-1)25-18(22-13-23-25)16-11-20-19(21-12-16)24-5-7-26-8-6-24/h1-4,11-13,17H,5-10H2. The predicted molar refractivity (Wildman–Crippen MR) is 97.0 cm³/mol. The van der Waals surface area contributed by atoms with Crippen molar-refractivity contribution in [2.75, 3.05) is 31.2 Å². The molecule has 0 N–H and O–H groups in total. The number of nitrogens with zero attached hydrogens (tertiary/aromatic N) is 6. The van der Waals surface area contributed by atoms with Crippen LogP contribution in [0, 0.1) is 0 Å². The molecule has 0 atom stereocenters. The third-order valence-corrected chi connectivity index (χ3v) is 5.14. The number of hydrogen-bond acceptors (Lipinski definition) is 6. The van der Waals surface area contributed by atoms with Gasteiger partial charge in [-0.1, -0.05) is 24.3 Å². The van der Waals surface area contributed by atoms with E-state index in [1.807, 2.05) is 17.1 Å². The van der Waals surface area contributed by atoms with Gasteiger partial charge in [-0.3, -0.25) is 0 Å². The Labute approximate surface area is 151 Å². The zero-order valence-corrected chi connectivity index (χ0v) is 14.5. The van der Waals surface area contributed by atoms with Crippen molar-refractivity contribution in [3.63, 3.8) is 0 Å². The lowest BCUT2D eigenvalue weighted by atomic mass is 10.1. The molecule has 0 spiro atoms. The van der Waals surface area contributed by atoms with E-state index in [0.29, 0.717) is 6.04 Å². The number of aromatic nitrogens is 5. The summed E-state index contributed by atoms with van der Waals surface area (Å²) < 4.78 is 7.41. The van der Waals surface area contributed by atoms with Gasteiger partial charge in [-0.15, -0.1) is 0 Å². The molecule has 7 heteroatoms. The number of fused-ring (bicyclic) bond motifs is 1. The van der Waals surface area contributed by atoms with Crippen LogP contribution >= 0.6 is 0 Å². The molecule has 0 amide bonds. The van der Waals surface area contributed by atoms with Crippen LogP contribution in [-0.4, -0.2) is 51.0 Å². The molecule has 0 bridgehead atoms. The fraction of sp³-hybridized carbons (Fsp3) is 0.368. The van der Waals surface area contributed by atoms with Crippen molar-refractivity contribution >= 4 is 5.95 Å². The molecule has 0 radical (unpaired) electrons. The van der Waals surface area contributed by atoms with Gasteiger partial charge in [0.2, 0.25) is 5.95 Å². The van der Waals surface area contributed by atoms with Gasteiger partial charge < -0.3 is 9.64 Å². The Morgan fingerprint density at radius 2 is 1.62 bits per heavy atom. The Bertz CT molecular complexity index is 875. The van der Waals surface area contributed by atoms with Crippen LogP contribution in [0.25, 0.3) is 11.4 Å². The van der Waals surface area contributed by atoms with Crippen LogP contribution in [0.2, 0.25) is 0 Å². The first-order valence-corrected chi connectivity index (χ1v) is 9.00. The fourth-order valence-electron chi connectivity index (χ4n) is 3.80. The van der Waals surface area contributed by atoms with Gasteiger partial charge in [0.25, 0.3) is 0 Å². The summed E-state index contributed by atoms with van der Waals surface area (Å²) in [6.45, 7) is 3.11. The Hall–Kier alpha value is -2.80. The van der Waals surface area contributed by atoms with E-state index in [1.54, 1.807) is 6.33 Å². The summed E-state index contributed by atoms with van der Waals surface area (Å²) in [7, 11) is 0. The topological polar surface area (TPSA) is 69.0 Å². The zero-order chi connectivity index (χ0) is 17.3. The first kappa shape index (κ1) is 15.5. The number of anilines is 1. The number of rotatable bonds is 3. The maximum Gasteiger partial charge on any atom is 0.225 e. The lowest BCUT2D eigenvalue weighted by molar-refractivity contribution is 0.122. The molecule has 1 aliphatic heterocycles. The average molecular weight is 348 g/mol. The summed E-state index contributed by atoms with van der Waals surface area (Å²) in [4.78, 5) is 15.7. The van der Waals surface area contributed by atoms with Gasteiger partial charge in [0.15, 0.2) is 5.82 Å². The van der Waals surface area contributed by atoms with Crippen LogP contribution in [0.1, 0.15) is 17.2 Å². The lowest BCUT2D eigenvalue weighted by Gasteiger charge is -2.26. The van der Waals surface area contributed by atoms with Crippen LogP contribution in [0.4, 0.5) is 5.95 Å². The minimum absolute atomic E-state index is 0.295. The van der Waals surface area contributed by atoms with Gasteiger partial charge in [0.1, 0.15) is 6.33 Å². The SMILES string of the molecule is c1ccc2c(c1)CC(n1ncnc1-c1cnc(N3CCOCC3)nc1)C2. The highest BCUT2D eigenvalue weighted by Gasteiger charge is 2.26. The highest BCUT2D eigenvalue weighted by atomic mass is 16.5. The van der Waals surface area contributed by atoms with Crippen molar-refractivity contribution in [1.82, 2.24) is 24.7 Å². The summed E-state index contributed by atoms with van der Waals surface area (Å²) in [6.07, 6.45) is 7.29. The third-order valence-electron chi connectivity index (χ3n) is 5.14. The fourth-order valence-corrected chi connectivity index (χ4v) is 3.80. The quantitative estimate of drug-likeness (QED) is 0.720. The van der Waals surface area contributed by atoms with Crippen molar-refractivity contribution in [2.45, 2.75) is 18.9 Å². The van der Waals surface area contributed by atoms with E-state index in [9.17, 15) is 0 Å². The number of benzene rings is 1. The van der Waals surface area contributed by atoms with E-state index in [2.05, 4.69) is 49.2 Å². The molecule has 1 saturated heterocycles. The summed E-state index contributed by atoms with van der Waals surface area (Å²) >= 11 is 0. The molecule has 3 heterocycles. The molecule has 5 rings (SSSR count). The molecule has 7 nitrogen and oxygen atoms in total. The highest BCUT2D eigenvalue weighted by Crippen LogP contribution is 2.32. The molecule has 2 aromatic heterocycles. The monoisotopic (exact) mass is 348 g/mol. The maximum absolute atomic E-state index is 5.38. The number of hydrogen-bond donors (Lipinski definition) is 0. The molecule has 1 aromatic carbocycles. The predicted octanol–water partition coefficient (Wildman–Crippen LogP) is 1.91. The Morgan fingerprint density at radius 1 is 0.923 bits per heavy atom. The molecular weight excluding hydrogens is 328 g/mol. The van der Waals surface area contributed by atoms with Gasteiger partial charge in [-0.2, -0.15) is 5.10 Å². The molecule has 1 aliphatic carbocycles. The minimum Gasteiger partial charge on any atom is -0.378 e. The summed E-state index contributed by atoms with van der Waals surface area (Å²) in [6, 6.07) is 8.89. The van der Waals surface area contributed by atoms with E-state index >= 15 is 0 Å². The van der Waals surface area contributed by atoms with E-state index in [4.69, 9.17) is 4.74 Å². The van der Waals surface area contributed by atoms with Gasteiger partial charge in [-0.05, 0) is 24.0 Å². The Morgan fingerprint density at radius 3 is 2.31 bits per heavy atom. The Kier molecular flexibility index (Phi) is 3.86. The van der Waals surface area contributed by atoms with Gasteiger partial charge in [0.05, 0.1) is 24.8 Å². The van der Waals surface area contributed by atoms with E-state index in [0.717, 1.165) is 56.5 Å². The van der Waals surface area contributed by atoms with Crippen molar-refractivity contribution in [2.24, 2.45) is 0 Å². The first-order valence-electron chi connectivity index (χ1n) is 9.00. The van der Waals surface area contributed by atoms with Crippen molar-refractivity contribution < 1.29 is 4.74 Å². The first-order chi connectivity index (χ1) is 12.9. The zero-order valence-electron chi connectivity index (χ0n) is 14.5. The van der Waals surface area contributed by atoms with Crippen molar-refractivity contribution in [3.8, 4) is 11.4 Å². The number of morpholine rings is 1. The smallest absolute Gasteiger partial charge is 0.225 e. The van der Waals surface area contributed by atoms with Crippen molar-refractivity contribution in [1.29, 1.82) is 0 Å². The second-order valence-corrected chi connectivity index (χ2v) is 6.73. The van der Waals surface area contributed by atoms with Crippen LogP contribution < -0.4 is 4.90 Å². The molecule has 0 unspecified atom stereocenters. The summed E-state index contributed by atoms with van der Waals surface area (Å²) in [5.74, 6) is 1.58. The largest absolute Gasteiger partial charge is 0.378 e. The van der Waals surface area contributed by atoms with Crippen LogP contribution in [0.3, 0.4) is 0 Å². The molecule has 2 aliphatic rings. The summed E-state index contributed by atoms with van der Waals surface area (Å²) in [5, 5.41) is 4.49. The highest BCUT2D eigenvalue weighted by molar-refractivity contribution is 5.53. The minimum atomic E-state index is 0.295. The lowest BCUT2D eigenvalue weighted by Crippen LogP contribution is -2.37. The third kappa shape index (κ3) is 2.74. The van der Waals surface area contributed by atoms with Crippen LogP contribution in [0.15, 0.2) is 43.0 Å². The van der Waals surface area contributed by atoms with Crippen molar-refractivity contribution in [3.05, 3.63) is 54.1 Å². The number of ether oxygens (including phenoxy) is 1. The van der Waals surface area contributed by atoms with Crippen LogP contribution in [-0.2, 0) is 17.6 Å². The normalized spacial score (nSPS) is 17.5. The average Bonchev–Trinajstić information content (AvgIpc) is 3.35. The summed E-state index contributed by atoms with van der Waals surface area (Å²) in [5.41, 5.74) is 3.70. The molecular formula is C19H20N6O. The van der Waals surface area contributed by atoms with Gasteiger partial charge >= 0.3 is 0 Å². The Balaban J connectivity index is 1.39. The molecule has 26 heavy (non-hydrogen) atoms. The van der Waals surface area contributed by atoms with E-state index < -0.39 is 0 Å². The molecule has 0 saturated carbocycles. The second kappa shape index (κ2) is 6.49. The van der Waals surface area contributed by atoms with Gasteiger partial charge in [-0.25, -0.2) is 19.6 Å². The maximum atomic E-state index is 5.38. The second-order valence-electron chi connectivity index (χ2n) is 6.73. The molecule has 3 aromatic rings. The van der Waals surface area contributed by atoms with E-state index in [-0.39, 0.29) is 0 Å². The molecule has 132 valence electrons. The van der Waals surface area contributed by atoms with Crippen LogP contribution in [0.5, 0.6) is 0 Å². The molecule has 1 fully saturated rings. The van der Waals surface area contributed by atoms with E-state index in [1.165, 1.54) is 11.1 Å².